The van der Waals surface area contributed by atoms with Gasteiger partial charge in [0.25, 0.3) is 5.91 Å². The fourth-order valence-electron chi connectivity index (χ4n) is 2.74. The van der Waals surface area contributed by atoms with Crippen molar-refractivity contribution in [3.05, 3.63) is 82.9 Å². The predicted octanol–water partition coefficient (Wildman–Crippen LogP) is 6.16. The molecule has 1 N–H and O–H groups in total. The standard InChI is InChI=1S/C23H22ClNO3/c1-15-13-19(14-16(2)22(15)24)27-17(3)23(26)25-20-11-7-8-12-21(20)28-18-9-5-4-6-10-18/h4-14,17H,1-3H3,(H,25,26)/t17-/m1/s1. The first-order valence-electron chi connectivity index (χ1n) is 9.00. The molecule has 0 spiro atoms. The van der Waals surface area contributed by atoms with Crippen LogP contribution in [-0.4, -0.2) is 12.0 Å². The average molecular weight is 396 g/mol. The minimum atomic E-state index is -0.690. The molecule has 1 atom stereocenters. The summed E-state index contributed by atoms with van der Waals surface area (Å²) >= 11 is 6.19. The maximum absolute atomic E-state index is 12.6. The van der Waals surface area contributed by atoms with Crippen LogP contribution in [0.3, 0.4) is 0 Å². The van der Waals surface area contributed by atoms with E-state index in [1.807, 2.05) is 68.4 Å². The summed E-state index contributed by atoms with van der Waals surface area (Å²) in [6, 6.07) is 20.4. The molecule has 0 bridgehead atoms. The molecule has 1 amide bonds. The molecule has 0 unspecified atom stereocenters. The number of anilines is 1. The van der Waals surface area contributed by atoms with Gasteiger partial charge in [0.1, 0.15) is 11.5 Å². The minimum absolute atomic E-state index is 0.269. The third-order valence-corrected chi connectivity index (χ3v) is 4.80. The Bertz CT molecular complexity index is 950. The van der Waals surface area contributed by atoms with Crippen LogP contribution >= 0.6 is 11.6 Å². The number of carbonyl (C=O) groups is 1. The number of hydrogen-bond acceptors (Lipinski definition) is 3. The van der Waals surface area contributed by atoms with Gasteiger partial charge in [-0.2, -0.15) is 0 Å². The van der Waals surface area contributed by atoms with Gasteiger partial charge >= 0.3 is 0 Å². The van der Waals surface area contributed by atoms with Gasteiger partial charge in [-0.1, -0.05) is 41.9 Å². The lowest BCUT2D eigenvalue weighted by molar-refractivity contribution is -0.122. The SMILES string of the molecule is Cc1cc(O[C@H](C)C(=O)Nc2ccccc2Oc2ccccc2)cc(C)c1Cl. The zero-order chi connectivity index (χ0) is 20.1. The van der Waals surface area contributed by atoms with Crippen LogP contribution in [0.15, 0.2) is 66.7 Å². The van der Waals surface area contributed by atoms with Gasteiger partial charge in [0.15, 0.2) is 11.9 Å². The average Bonchev–Trinajstić information content (AvgIpc) is 2.68. The molecule has 3 rings (SSSR count). The van der Waals surface area contributed by atoms with E-state index in [1.165, 1.54) is 0 Å². The maximum Gasteiger partial charge on any atom is 0.265 e. The summed E-state index contributed by atoms with van der Waals surface area (Å²) < 4.78 is 11.7. The van der Waals surface area contributed by atoms with Crippen LogP contribution in [0.4, 0.5) is 5.69 Å². The Hall–Kier alpha value is -2.98. The number of nitrogens with one attached hydrogen (secondary N) is 1. The number of amides is 1. The molecular formula is C23H22ClNO3. The van der Waals surface area contributed by atoms with E-state index in [4.69, 9.17) is 21.1 Å². The minimum Gasteiger partial charge on any atom is -0.481 e. The molecule has 0 fully saturated rings. The highest BCUT2D eigenvalue weighted by Crippen LogP contribution is 2.30. The Morgan fingerprint density at radius 1 is 0.929 bits per heavy atom. The van der Waals surface area contributed by atoms with Crippen LogP contribution < -0.4 is 14.8 Å². The first-order chi connectivity index (χ1) is 13.4. The van der Waals surface area contributed by atoms with Crippen molar-refractivity contribution in [1.29, 1.82) is 0 Å². The van der Waals surface area contributed by atoms with E-state index in [1.54, 1.807) is 19.1 Å². The number of aryl methyl sites for hydroxylation is 2. The molecule has 3 aromatic rings. The second-order valence-corrected chi connectivity index (χ2v) is 6.91. The highest BCUT2D eigenvalue weighted by atomic mass is 35.5. The Balaban J connectivity index is 1.71. The maximum atomic E-state index is 12.6. The van der Waals surface area contributed by atoms with Crippen LogP contribution in [-0.2, 0) is 4.79 Å². The molecule has 0 aliphatic heterocycles. The zero-order valence-corrected chi connectivity index (χ0v) is 16.8. The number of hydrogen-bond donors (Lipinski definition) is 1. The normalized spacial score (nSPS) is 11.6. The van der Waals surface area contributed by atoms with Gasteiger partial charge in [0.2, 0.25) is 0 Å². The molecule has 0 saturated heterocycles. The van der Waals surface area contributed by atoms with E-state index in [0.717, 1.165) is 11.1 Å². The highest BCUT2D eigenvalue weighted by molar-refractivity contribution is 6.32. The molecule has 0 radical (unpaired) electrons. The van der Waals surface area contributed by atoms with E-state index in [2.05, 4.69) is 5.32 Å². The summed E-state index contributed by atoms with van der Waals surface area (Å²) in [7, 11) is 0. The largest absolute Gasteiger partial charge is 0.481 e. The van der Waals surface area contributed by atoms with Gasteiger partial charge in [-0.3, -0.25) is 4.79 Å². The van der Waals surface area contributed by atoms with Crippen LogP contribution in [0.1, 0.15) is 18.1 Å². The molecule has 3 aromatic carbocycles. The number of rotatable bonds is 6. The van der Waals surface area contributed by atoms with Crippen molar-refractivity contribution in [2.45, 2.75) is 26.9 Å². The summed E-state index contributed by atoms with van der Waals surface area (Å²) in [6.07, 6.45) is -0.690. The van der Waals surface area contributed by atoms with Gasteiger partial charge in [-0.05, 0) is 68.3 Å². The van der Waals surface area contributed by atoms with Crippen LogP contribution in [0.2, 0.25) is 5.02 Å². The van der Waals surface area contributed by atoms with Crippen LogP contribution in [0.5, 0.6) is 17.2 Å². The quantitative estimate of drug-likeness (QED) is 0.544. The topological polar surface area (TPSA) is 47.6 Å². The van der Waals surface area contributed by atoms with Crippen molar-refractivity contribution >= 4 is 23.2 Å². The number of carbonyl (C=O) groups excluding carboxylic acids is 1. The van der Waals surface area contributed by atoms with Crippen molar-refractivity contribution < 1.29 is 14.3 Å². The number of benzene rings is 3. The first-order valence-corrected chi connectivity index (χ1v) is 9.38. The van der Waals surface area contributed by atoms with Gasteiger partial charge in [-0.15, -0.1) is 0 Å². The molecule has 5 heteroatoms. The molecule has 0 aliphatic rings. The lowest BCUT2D eigenvalue weighted by Crippen LogP contribution is -2.30. The van der Waals surface area contributed by atoms with Crippen LogP contribution in [0.25, 0.3) is 0 Å². The van der Waals surface area contributed by atoms with E-state index < -0.39 is 6.10 Å². The Morgan fingerprint density at radius 2 is 1.54 bits per heavy atom. The summed E-state index contributed by atoms with van der Waals surface area (Å²) in [4.78, 5) is 12.6. The highest BCUT2D eigenvalue weighted by Gasteiger charge is 2.17. The van der Waals surface area contributed by atoms with Crippen molar-refractivity contribution in [3.8, 4) is 17.2 Å². The molecule has 4 nitrogen and oxygen atoms in total. The third kappa shape index (κ3) is 4.84. The van der Waals surface area contributed by atoms with Crippen LogP contribution in [0, 0.1) is 13.8 Å². The molecule has 0 heterocycles. The van der Waals surface area contributed by atoms with Gasteiger partial charge in [0, 0.05) is 5.02 Å². The number of halogens is 1. The van der Waals surface area contributed by atoms with Crippen molar-refractivity contribution in [2.24, 2.45) is 0 Å². The fraction of sp³-hybridized carbons (Fsp3) is 0.174. The lowest BCUT2D eigenvalue weighted by atomic mass is 10.1. The second-order valence-electron chi connectivity index (χ2n) is 6.53. The van der Waals surface area contributed by atoms with Gasteiger partial charge in [-0.25, -0.2) is 0 Å². The molecule has 0 saturated carbocycles. The molecule has 0 aromatic heterocycles. The monoisotopic (exact) mass is 395 g/mol. The molecule has 144 valence electrons. The summed E-state index contributed by atoms with van der Waals surface area (Å²) in [5, 5.41) is 3.58. The van der Waals surface area contributed by atoms with Gasteiger partial charge < -0.3 is 14.8 Å². The third-order valence-electron chi connectivity index (χ3n) is 4.21. The van der Waals surface area contributed by atoms with E-state index in [9.17, 15) is 4.79 Å². The lowest BCUT2D eigenvalue weighted by Gasteiger charge is -2.17. The van der Waals surface area contributed by atoms with E-state index in [-0.39, 0.29) is 5.91 Å². The Labute approximate surface area is 170 Å². The van der Waals surface area contributed by atoms with Gasteiger partial charge in [0.05, 0.1) is 5.69 Å². The van der Waals surface area contributed by atoms with Crippen molar-refractivity contribution in [3.63, 3.8) is 0 Å². The molecular weight excluding hydrogens is 374 g/mol. The van der Waals surface area contributed by atoms with Crippen molar-refractivity contribution in [2.75, 3.05) is 5.32 Å². The molecule has 0 aliphatic carbocycles. The summed E-state index contributed by atoms with van der Waals surface area (Å²) in [5.41, 5.74) is 2.40. The number of ether oxygens (including phenoxy) is 2. The van der Waals surface area contributed by atoms with E-state index >= 15 is 0 Å². The predicted molar refractivity (Wildman–Crippen MR) is 113 cm³/mol. The Kier molecular flexibility index (Phi) is 6.22. The fourth-order valence-corrected chi connectivity index (χ4v) is 2.85. The van der Waals surface area contributed by atoms with E-state index in [0.29, 0.717) is 28.0 Å². The van der Waals surface area contributed by atoms with Crippen molar-refractivity contribution in [1.82, 2.24) is 0 Å². The molecule has 28 heavy (non-hydrogen) atoms. The zero-order valence-electron chi connectivity index (χ0n) is 16.0. The summed E-state index contributed by atoms with van der Waals surface area (Å²) in [5.74, 6) is 1.60. The summed E-state index contributed by atoms with van der Waals surface area (Å²) in [6.45, 7) is 5.52. The smallest absolute Gasteiger partial charge is 0.265 e. The number of para-hydroxylation sites is 3. The first kappa shape index (κ1) is 19.8. The Morgan fingerprint density at radius 3 is 2.21 bits per heavy atom. The second kappa shape index (κ2) is 8.81.